The number of pyridine rings is 2. The summed E-state index contributed by atoms with van der Waals surface area (Å²) in [5, 5.41) is 1.33. The van der Waals surface area contributed by atoms with Crippen LogP contribution < -0.4 is 4.90 Å². The molecule has 6 rings (SSSR count). The lowest BCUT2D eigenvalue weighted by Crippen LogP contribution is -2.25. The standard InChI is InChI=1S/C28H26N4O5S2/c1-19-3-7-22(8-4-19)38(33,34)32-26-13-15-29-17-25(26)24-11-12-27(30-28(24)32)31-16-14-21(18-31)37-39(35,36)23-9-5-20(2)6-10-23/h3-13,15,17,21H,14,16,18H2,1-2H3/t21-/m0/s1. The molecule has 1 saturated heterocycles. The highest BCUT2D eigenvalue weighted by Gasteiger charge is 2.31. The molecule has 1 atom stereocenters. The number of fused-ring (bicyclic) bond motifs is 3. The largest absolute Gasteiger partial charge is 0.354 e. The van der Waals surface area contributed by atoms with Crippen molar-refractivity contribution < 1.29 is 21.0 Å². The monoisotopic (exact) mass is 562 g/mol. The summed E-state index contributed by atoms with van der Waals surface area (Å²) in [5.41, 5.74) is 2.68. The van der Waals surface area contributed by atoms with E-state index >= 15 is 0 Å². The molecule has 1 aliphatic heterocycles. The number of aromatic nitrogens is 3. The molecule has 0 saturated carbocycles. The second-order valence-electron chi connectivity index (χ2n) is 9.74. The smallest absolute Gasteiger partial charge is 0.297 e. The second kappa shape index (κ2) is 9.44. The Labute approximate surface area is 226 Å². The Bertz CT molecular complexity index is 1920. The van der Waals surface area contributed by atoms with Crippen LogP contribution in [-0.2, 0) is 24.3 Å². The van der Waals surface area contributed by atoms with Gasteiger partial charge in [0.2, 0.25) is 0 Å². The summed E-state index contributed by atoms with van der Waals surface area (Å²) < 4.78 is 60.1. The van der Waals surface area contributed by atoms with Crippen LogP contribution in [0.5, 0.6) is 0 Å². The van der Waals surface area contributed by atoms with Crippen LogP contribution in [0.25, 0.3) is 21.9 Å². The number of benzene rings is 2. The van der Waals surface area contributed by atoms with Gasteiger partial charge in [0.1, 0.15) is 5.82 Å². The predicted octanol–water partition coefficient (Wildman–Crippen LogP) is 4.42. The summed E-state index contributed by atoms with van der Waals surface area (Å²) in [6.07, 6.45) is 3.12. The Kier molecular flexibility index (Phi) is 6.17. The van der Waals surface area contributed by atoms with Crippen molar-refractivity contribution in [2.24, 2.45) is 0 Å². The molecule has 1 fully saturated rings. The molecule has 5 aromatic rings. The lowest BCUT2D eigenvalue weighted by Gasteiger charge is -2.18. The topological polar surface area (TPSA) is 111 Å². The zero-order valence-electron chi connectivity index (χ0n) is 21.4. The number of hydrogen-bond acceptors (Lipinski definition) is 8. The minimum absolute atomic E-state index is 0.116. The molecule has 0 bridgehead atoms. The van der Waals surface area contributed by atoms with E-state index in [2.05, 4.69) is 4.98 Å². The molecule has 0 unspecified atom stereocenters. The van der Waals surface area contributed by atoms with Crippen LogP contribution in [-0.4, -0.2) is 50.0 Å². The first kappa shape index (κ1) is 25.5. The number of anilines is 1. The van der Waals surface area contributed by atoms with Gasteiger partial charge in [-0.1, -0.05) is 35.4 Å². The third kappa shape index (κ3) is 4.56. The lowest BCUT2D eigenvalue weighted by molar-refractivity contribution is 0.232. The molecule has 9 nitrogen and oxygen atoms in total. The fourth-order valence-electron chi connectivity index (χ4n) is 4.88. The maximum Gasteiger partial charge on any atom is 0.297 e. The van der Waals surface area contributed by atoms with Gasteiger partial charge in [-0.05, 0) is 62.7 Å². The summed E-state index contributed by atoms with van der Waals surface area (Å²) >= 11 is 0. The highest BCUT2D eigenvalue weighted by Crippen LogP contribution is 2.33. The lowest BCUT2D eigenvalue weighted by atomic mass is 10.2. The van der Waals surface area contributed by atoms with E-state index in [4.69, 9.17) is 9.17 Å². The number of rotatable bonds is 6. The molecular weight excluding hydrogens is 536 g/mol. The van der Waals surface area contributed by atoms with Crippen molar-refractivity contribution >= 4 is 47.9 Å². The maximum absolute atomic E-state index is 13.8. The number of aryl methyl sites for hydroxylation is 2. The van der Waals surface area contributed by atoms with Gasteiger partial charge in [0.05, 0.1) is 21.4 Å². The first-order valence-electron chi connectivity index (χ1n) is 12.5. The fourth-order valence-corrected chi connectivity index (χ4v) is 7.45. The maximum atomic E-state index is 13.8. The third-order valence-corrected chi connectivity index (χ3v) is 10.1. The van der Waals surface area contributed by atoms with Gasteiger partial charge in [-0.25, -0.2) is 17.4 Å². The van der Waals surface area contributed by atoms with E-state index in [1.165, 1.54) is 16.1 Å². The molecule has 2 aromatic carbocycles. The summed E-state index contributed by atoms with van der Waals surface area (Å²) in [5.74, 6) is 0.539. The highest BCUT2D eigenvalue weighted by molar-refractivity contribution is 7.90. The van der Waals surface area contributed by atoms with E-state index in [-0.39, 0.29) is 15.4 Å². The van der Waals surface area contributed by atoms with Crippen LogP contribution in [0.1, 0.15) is 17.5 Å². The van der Waals surface area contributed by atoms with E-state index in [1.807, 2.05) is 30.9 Å². The van der Waals surface area contributed by atoms with Gasteiger partial charge in [0.25, 0.3) is 20.1 Å². The Hall–Kier alpha value is -3.80. The van der Waals surface area contributed by atoms with Crippen molar-refractivity contribution in [3.63, 3.8) is 0 Å². The normalized spacial score (nSPS) is 16.4. The average Bonchev–Trinajstić information content (AvgIpc) is 3.51. The Morgan fingerprint density at radius 1 is 0.821 bits per heavy atom. The Morgan fingerprint density at radius 3 is 2.18 bits per heavy atom. The van der Waals surface area contributed by atoms with Gasteiger partial charge in [-0.3, -0.25) is 9.17 Å². The van der Waals surface area contributed by atoms with E-state index in [0.717, 1.165) is 11.1 Å². The number of hydrogen-bond donors (Lipinski definition) is 0. The molecule has 0 N–H and O–H groups in total. The van der Waals surface area contributed by atoms with Crippen LogP contribution >= 0.6 is 0 Å². The van der Waals surface area contributed by atoms with Gasteiger partial charge in [-0.2, -0.15) is 8.42 Å². The minimum atomic E-state index is -3.97. The van der Waals surface area contributed by atoms with Crippen LogP contribution in [0, 0.1) is 13.8 Å². The third-order valence-electron chi connectivity index (χ3n) is 6.96. The van der Waals surface area contributed by atoms with Crippen LogP contribution in [0.4, 0.5) is 5.82 Å². The first-order chi connectivity index (χ1) is 18.6. The van der Waals surface area contributed by atoms with E-state index in [1.54, 1.807) is 54.9 Å². The summed E-state index contributed by atoms with van der Waals surface area (Å²) in [7, 11) is -7.89. The van der Waals surface area contributed by atoms with Crippen molar-refractivity contribution in [1.29, 1.82) is 0 Å². The first-order valence-corrected chi connectivity index (χ1v) is 15.3. The summed E-state index contributed by atoms with van der Waals surface area (Å²) in [4.78, 5) is 11.2. The molecule has 1 aliphatic rings. The molecule has 0 amide bonds. The molecule has 0 spiro atoms. The fraction of sp³-hybridized carbons (Fsp3) is 0.214. The van der Waals surface area contributed by atoms with Crippen molar-refractivity contribution in [2.75, 3.05) is 18.0 Å². The molecule has 0 aliphatic carbocycles. The zero-order chi connectivity index (χ0) is 27.4. The number of nitrogens with zero attached hydrogens (tertiary/aromatic N) is 4. The van der Waals surface area contributed by atoms with E-state index in [9.17, 15) is 16.8 Å². The Morgan fingerprint density at radius 2 is 1.49 bits per heavy atom. The van der Waals surface area contributed by atoms with Crippen LogP contribution in [0.2, 0.25) is 0 Å². The van der Waals surface area contributed by atoms with Crippen molar-refractivity contribution in [1.82, 2.24) is 13.9 Å². The molecule has 0 radical (unpaired) electrons. The minimum Gasteiger partial charge on any atom is -0.354 e. The predicted molar refractivity (Wildman–Crippen MR) is 149 cm³/mol. The van der Waals surface area contributed by atoms with Gasteiger partial charge >= 0.3 is 0 Å². The van der Waals surface area contributed by atoms with Crippen molar-refractivity contribution in [3.8, 4) is 0 Å². The van der Waals surface area contributed by atoms with Gasteiger partial charge in [-0.15, -0.1) is 0 Å². The summed E-state index contributed by atoms with van der Waals surface area (Å²) in [6, 6.07) is 18.5. The quantitative estimate of drug-likeness (QED) is 0.280. The van der Waals surface area contributed by atoms with Gasteiger partial charge < -0.3 is 4.90 Å². The molecular formula is C28H26N4O5S2. The summed E-state index contributed by atoms with van der Waals surface area (Å²) in [6.45, 7) is 4.60. The Balaban J connectivity index is 1.36. The van der Waals surface area contributed by atoms with Crippen LogP contribution in [0.3, 0.4) is 0 Å². The second-order valence-corrected chi connectivity index (χ2v) is 13.1. The van der Waals surface area contributed by atoms with E-state index in [0.29, 0.717) is 41.6 Å². The van der Waals surface area contributed by atoms with Gasteiger partial charge in [0, 0.05) is 36.3 Å². The van der Waals surface area contributed by atoms with Crippen LogP contribution in [0.15, 0.2) is 88.9 Å². The average molecular weight is 563 g/mol. The zero-order valence-corrected chi connectivity index (χ0v) is 23.0. The van der Waals surface area contributed by atoms with E-state index < -0.39 is 26.2 Å². The molecule has 200 valence electrons. The van der Waals surface area contributed by atoms with Gasteiger partial charge in [0.15, 0.2) is 5.65 Å². The highest BCUT2D eigenvalue weighted by atomic mass is 32.2. The SMILES string of the molecule is Cc1ccc(S(=O)(=O)O[C@H]2CCN(c3ccc4c5cnccc5n(S(=O)(=O)c5ccc(C)cc5)c4n3)C2)cc1. The van der Waals surface area contributed by atoms with Crippen molar-refractivity contribution in [3.05, 3.63) is 90.3 Å². The molecule has 11 heteroatoms. The molecule has 4 heterocycles. The molecule has 39 heavy (non-hydrogen) atoms. The van der Waals surface area contributed by atoms with Crippen molar-refractivity contribution in [2.45, 2.75) is 36.2 Å². The molecule has 3 aromatic heterocycles.